The normalized spacial score (nSPS) is 14.9. The molecule has 0 aliphatic carbocycles. The molecule has 0 unspecified atom stereocenters. The van der Waals surface area contributed by atoms with Crippen molar-refractivity contribution in [3.63, 3.8) is 0 Å². The monoisotopic (exact) mass is 357 g/mol. The van der Waals surface area contributed by atoms with Crippen LogP contribution in [0.3, 0.4) is 0 Å². The van der Waals surface area contributed by atoms with Crippen LogP contribution in [0.4, 0.5) is 5.69 Å². The molecule has 25 heavy (non-hydrogen) atoms. The molecule has 1 aliphatic heterocycles. The average Bonchev–Trinajstić information content (AvgIpc) is 2.88. The summed E-state index contributed by atoms with van der Waals surface area (Å²) in [6.45, 7) is 0. The molecule has 2 N–H and O–H groups in total. The van der Waals surface area contributed by atoms with E-state index in [1.165, 1.54) is 12.1 Å². The third-order valence-electron chi connectivity index (χ3n) is 3.65. The van der Waals surface area contributed by atoms with Gasteiger partial charge in [0.2, 0.25) is 5.91 Å². The lowest BCUT2D eigenvalue weighted by atomic mass is 10.1. The molecule has 0 atom stereocenters. The molecule has 0 aromatic heterocycles. The highest BCUT2D eigenvalue weighted by atomic mass is 32.2. The predicted octanol–water partition coefficient (Wildman–Crippen LogP) is 1.11. The van der Waals surface area contributed by atoms with Crippen molar-refractivity contribution >= 4 is 33.1 Å². The van der Waals surface area contributed by atoms with E-state index in [1.54, 1.807) is 36.4 Å². The van der Waals surface area contributed by atoms with Gasteiger partial charge in [-0.2, -0.15) is 5.10 Å². The third kappa shape index (κ3) is 3.74. The Morgan fingerprint density at radius 3 is 2.48 bits per heavy atom. The van der Waals surface area contributed by atoms with Gasteiger partial charge in [-0.05, 0) is 23.8 Å². The molecule has 0 saturated heterocycles. The number of nitrogens with one attached hydrogen (secondary N) is 2. The van der Waals surface area contributed by atoms with Crippen molar-refractivity contribution in [3.05, 3.63) is 59.7 Å². The van der Waals surface area contributed by atoms with Crippen LogP contribution in [-0.2, 0) is 25.8 Å². The summed E-state index contributed by atoms with van der Waals surface area (Å²) in [6, 6.07) is 13.1. The minimum absolute atomic E-state index is 0.0179. The zero-order valence-electron chi connectivity index (χ0n) is 13.3. The van der Waals surface area contributed by atoms with Gasteiger partial charge in [0.15, 0.2) is 15.5 Å². The molecule has 0 fully saturated rings. The lowest BCUT2D eigenvalue weighted by Gasteiger charge is -2.03. The number of rotatable bonds is 4. The van der Waals surface area contributed by atoms with Crippen LogP contribution in [0.2, 0.25) is 0 Å². The minimum atomic E-state index is -3.27. The number of hydrazone groups is 1. The van der Waals surface area contributed by atoms with E-state index in [1.807, 2.05) is 0 Å². The summed E-state index contributed by atoms with van der Waals surface area (Å²) in [5.41, 5.74) is 4.43. The van der Waals surface area contributed by atoms with Crippen molar-refractivity contribution in [2.45, 2.75) is 11.3 Å². The van der Waals surface area contributed by atoms with E-state index in [4.69, 9.17) is 0 Å². The Bertz CT molecular complexity index is 979. The van der Waals surface area contributed by atoms with E-state index in [0.29, 0.717) is 16.8 Å². The minimum Gasteiger partial charge on any atom is -0.320 e. The van der Waals surface area contributed by atoms with Gasteiger partial charge in [0, 0.05) is 11.8 Å². The van der Waals surface area contributed by atoms with Crippen LogP contribution in [0.15, 0.2) is 58.5 Å². The van der Waals surface area contributed by atoms with Crippen LogP contribution in [-0.4, -0.2) is 32.2 Å². The topological polar surface area (TPSA) is 105 Å². The highest BCUT2D eigenvalue weighted by Crippen LogP contribution is 2.22. The fourth-order valence-corrected chi connectivity index (χ4v) is 3.04. The number of fused-ring (bicyclic) bond motifs is 1. The molecule has 1 aliphatic rings. The van der Waals surface area contributed by atoms with E-state index in [2.05, 4.69) is 15.8 Å². The molecule has 0 radical (unpaired) electrons. The predicted molar refractivity (Wildman–Crippen MR) is 93.0 cm³/mol. The molecule has 0 saturated carbocycles. The molecular weight excluding hydrogens is 342 g/mol. The fourth-order valence-electron chi connectivity index (χ4n) is 2.41. The molecule has 8 heteroatoms. The Balaban J connectivity index is 1.68. The van der Waals surface area contributed by atoms with Crippen LogP contribution in [0, 0.1) is 0 Å². The van der Waals surface area contributed by atoms with Crippen LogP contribution >= 0.6 is 0 Å². The van der Waals surface area contributed by atoms with Gasteiger partial charge in [0.1, 0.15) is 0 Å². The van der Waals surface area contributed by atoms with Gasteiger partial charge in [-0.25, -0.2) is 13.8 Å². The molecule has 1 heterocycles. The van der Waals surface area contributed by atoms with E-state index in [0.717, 1.165) is 6.26 Å². The van der Waals surface area contributed by atoms with E-state index < -0.39 is 15.7 Å². The molecule has 128 valence electrons. The first-order chi connectivity index (χ1) is 11.8. The van der Waals surface area contributed by atoms with Gasteiger partial charge in [-0.1, -0.05) is 30.3 Å². The quantitative estimate of drug-likeness (QED) is 0.800. The molecular formula is C17H15N3O4S. The largest absolute Gasteiger partial charge is 0.320 e. The van der Waals surface area contributed by atoms with Crippen molar-refractivity contribution in [1.82, 2.24) is 5.43 Å². The van der Waals surface area contributed by atoms with Gasteiger partial charge in [0.25, 0.3) is 5.91 Å². The number of nitrogens with zero attached hydrogens (tertiary/aromatic N) is 1. The standard InChI is InChI=1S/C17H15N3O4S/c1-25(23,24)12-8-6-11(7-9-12)10-15(21)19-20-16-13-4-2-3-5-14(13)18-17(16)22/h2-9H,10H2,1H3,(H,19,21)(H,18,20,22). The van der Waals surface area contributed by atoms with Gasteiger partial charge >= 0.3 is 0 Å². The number of anilines is 1. The highest BCUT2D eigenvalue weighted by molar-refractivity contribution is 7.90. The van der Waals surface area contributed by atoms with Gasteiger partial charge in [-0.3, -0.25) is 9.59 Å². The number of hydrogen-bond acceptors (Lipinski definition) is 5. The maximum absolute atomic E-state index is 12.0. The van der Waals surface area contributed by atoms with Gasteiger partial charge in [-0.15, -0.1) is 0 Å². The molecule has 2 aromatic carbocycles. The number of amides is 2. The lowest BCUT2D eigenvalue weighted by Crippen LogP contribution is -2.24. The first kappa shape index (κ1) is 16.8. The average molecular weight is 357 g/mol. The molecule has 3 rings (SSSR count). The van der Waals surface area contributed by atoms with Crippen LogP contribution < -0.4 is 10.7 Å². The second-order valence-corrected chi connectivity index (χ2v) is 7.60. The maximum atomic E-state index is 12.0. The van der Waals surface area contributed by atoms with Crippen molar-refractivity contribution in [2.75, 3.05) is 11.6 Å². The summed E-state index contributed by atoms with van der Waals surface area (Å²) in [7, 11) is -3.27. The molecule has 2 amide bonds. The van der Waals surface area contributed by atoms with E-state index in [-0.39, 0.29) is 22.9 Å². The second-order valence-electron chi connectivity index (χ2n) is 5.59. The number of sulfone groups is 1. The summed E-state index contributed by atoms with van der Waals surface area (Å²) < 4.78 is 22.8. The number of carbonyl (C=O) groups is 2. The summed E-state index contributed by atoms with van der Waals surface area (Å²) >= 11 is 0. The van der Waals surface area contributed by atoms with Crippen molar-refractivity contribution < 1.29 is 18.0 Å². The zero-order chi connectivity index (χ0) is 18.0. The van der Waals surface area contributed by atoms with Crippen LogP contribution in [0.25, 0.3) is 0 Å². The molecule has 7 nitrogen and oxygen atoms in total. The van der Waals surface area contributed by atoms with E-state index in [9.17, 15) is 18.0 Å². The number of para-hydroxylation sites is 1. The van der Waals surface area contributed by atoms with Crippen molar-refractivity contribution in [1.29, 1.82) is 0 Å². The molecule has 0 bridgehead atoms. The van der Waals surface area contributed by atoms with Crippen molar-refractivity contribution in [2.24, 2.45) is 5.10 Å². The van der Waals surface area contributed by atoms with Gasteiger partial charge in [0.05, 0.1) is 17.0 Å². The Labute approximate surface area is 144 Å². The third-order valence-corrected chi connectivity index (χ3v) is 4.78. The first-order valence-corrected chi connectivity index (χ1v) is 9.30. The Hall–Kier alpha value is -3.00. The second kappa shape index (κ2) is 6.48. The molecule has 0 spiro atoms. The Kier molecular flexibility index (Phi) is 4.37. The number of benzene rings is 2. The zero-order valence-corrected chi connectivity index (χ0v) is 14.1. The SMILES string of the molecule is CS(=O)(=O)c1ccc(CC(=O)N/N=C2/C(=O)Nc3ccccc32)cc1. The van der Waals surface area contributed by atoms with Crippen LogP contribution in [0.1, 0.15) is 11.1 Å². The van der Waals surface area contributed by atoms with Crippen LogP contribution in [0.5, 0.6) is 0 Å². The van der Waals surface area contributed by atoms with Gasteiger partial charge < -0.3 is 5.32 Å². The number of hydrogen-bond donors (Lipinski definition) is 2. The number of carbonyl (C=O) groups excluding carboxylic acids is 2. The van der Waals surface area contributed by atoms with Crippen molar-refractivity contribution in [3.8, 4) is 0 Å². The summed E-state index contributed by atoms with van der Waals surface area (Å²) in [4.78, 5) is 24.1. The summed E-state index contributed by atoms with van der Waals surface area (Å²) in [6.07, 6.45) is 1.14. The summed E-state index contributed by atoms with van der Waals surface area (Å²) in [5, 5.41) is 6.57. The lowest BCUT2D eigenvalue weighted by molar-refractivity contribution is -0.120. The van der Waals surface area contributed by atoms with E-state index >= 15 is 0 Å². The smallest absolute Gasteiger partial charge is 0.276 e. The Morgan fingerprint density at radius 1 is 1.12 bits per heavy atom. The summed E-state index contributed by atoms with van der Waals surface area (Å²) in [5.74, 6) is -0.782. The maximum Gasteiger partial charge on any atom is 0.276 e. The first-order valence-electron chi connectivity index (χ1n) is 7.41. The molecule has 2 aromatic rings. The Morgan fingerprint density at radius 2 is 1.80 bits per heavy atom. The highest BCUT2D eigenvalue weighted by Gasteiger charge is 2.25. The fraction of sp³-hybridized carbons (Fsp3) is 0.118.